The molecule has 18 heavy (non-hydrogen) atoms. The van der Waals surface area contributed by atoms with Gasteiger partial charge >= 0.3 is 0 Å². The highest BCUT2D eigenvalue weighted by molar-refractivity contribution is 9.10. The topological polar surface area (TPSA) is 35.2 Å². The van der Waals surface area contributed by atoms with E-state index in [0.29, 0.717) is 11.6 Å². The summed E-state index contributed by atoms with van der Waals surface area (Å²) >= 11 is 9.35. The zero-order chi connectivity index (χ0) is 13.1. The monoisotopic (exact) mass is 325 g/mol. The van der Waals surface area contributed by atoms with E-state index in [0.717, 1.165) is 27.1 Å². The summed E-state index contributed by atoms with van der Waals surface area (Å²) in [6.45, 7) is 2.40. The van der Waals surface area contributed by atoms with Crippen LogP contribution in [0.2, 0.25) is 5.02 Å². The zero-order valence-corrected chi connectivity index (χ0v) is 12.3. The van der Waals surface area contributed by atoms with Gasteiger partial charge in [-0.1, -0.05) is 33.6 Å². The quantitative estimate of drug-likeness (QED) is 0.890. The van der Waals surface area contributed by atoms with Gasteiger partial charge in [-0.25, -0.2) is 0 Å². The van der Waals surface area contributed by atoms with Crippen LogP contribution in [0.15, 0.2) is 40.9 Å². The number of nitrogens with two attached hydrogens (primary N) is 1. The van der Waals surface area contributed by atoms with Gasteiger partial charge in [-0.05, 0) is 42.8 Å². The summed E-state index contributed by atoms with van der Waals surface area (Å²) in [6.07, 6.45) is 0. The van der Waals surface area contributed by atoms with Crippen LogP contribution < -0.4 is 10.5 Å². The van der Waals surface area contributed by atoms with Crippen molar-refractivity contribution in [2.75, 3.05) is 0 Å². The summed E-state index contributed by atoms with van der Waals surface area (Å²) in [6, 6.07) is 11.4. The lowest BCUT2D eigenvalue weighted by Gasteiger charge is -2.12. The average molecular weight is 327 g/mol. The van der Waals surface area contributed by atoms with Gasteiger partial charge in [0.25, 0.3) is 0 Å². The van der Waals surface area contributed by atoms with E-state index in [1.165, 1.54) is 0 Å². The van der Waals surface area contributed by atoms with Gasteiger partial charge in [0.05, 0.1) is 0 Å². The molecule has 0 saturated heterocycles. The Morgan fingerprint density at radius 2 is 1.94 bits per heavy atom. The molecule has 0 atom stereocenters. The zero-order valence-electron chi connectivity index (χ0n) is 9.91. The van der Waals surface area contributed by atoms with Crippen molar-refractivity contribution in [3.05, 3.63) is 57.0 Å². The number of aryl methyl sites for hydroxylation is 1. The van der Waals surface area contributed by atoms with E-state index in [1.807, 2.05) is 43.3 Å². The smallest absolute Gasteiger partial charge is 0.133 e. The van der Waals surface area contributed by atoms with Crippen LogP contribution in [0.3, 0.4) is 0 Å². The van der Waals surface area contributed by atoms with Crippen LogP contribution in [0.25, 0.3) is 0 Å². The van der Waals surface area contributed by atoms with Crippen molar-refractivity contribution >= 4 is 27.5 Å². The lowest BCUT2D eigenvalue weighted by Crippen LogP contribution is -1.99. The molecular formula is C14H13BrClNO. The molecule has 0 aliphatic carbocycles. The van der Waals surface area contributed by atoms with E-state index in [2.05, 4.69) is 15.9 Å². The molecule has 2 aromatic carbocycles. The summed E-state index contributed by atoms with van der Waals surface area (Å²) in [5, 5.41) is 0.702. The molecule has 94 valence electrons. The van der Waals surface area contributed by atoms with E-state index in [4.69, 9.17) is 22.1 Å². The van der Waals surface area contributed by atoms with Gasteiger partial charge in [-0.15, -0.1) is 0 Å². The van der Waals surface area contributed by atoms with Crippen molar-refractivity contribution in [2.24, 2.45) is 5.73 Å². The van der Waals surface area contributed by atoms with Crippen LogP contribution >= 0.6 is 27.5 Å². The third kappa shape index (κ3) is 3.05. The van der Waals surface area contributed by atoms with Gasteiger partial charge < -0.3 is 10.5 Å². The third-order valence-corrected chi connectivity index (χ3v) is 3.33. The van der Waals surface area contributed by atoms with Crippen molar-refractivity contribution in [2.45, 2.75) is 13.5 Å². The predicted octanol–water partition coefficient (Wildman–Crippen LogP) is 4.66. The third-order valence-electron chi connectivity index (χ3n) is 2.61. The second-order valence-electron chi connectivity index (χ2n) is 3.97. The minimum atomic E-state index is 0.440. The fourth-order valence-electron chi connectivity index (χ4n) is 1.64. The molecule has 0 bridgehead atoms. The van der Waals surface area contributed by atoms with Crippen molar-refractivity contribution in [3.8, 4) is 11.5 Å². The fraction of sp³-hybridized carbons (Fsp3) is 0.143. The van der Waals surface area contributed by atoms with Gasteiger partial charge in [-0.2, -0.15) is 0 Å². The minimum Gasteiger partial charge on any atom is -0.457 e. The van der Waals surface area contributed by atoms with Crippen molar-refractivity contribution in [1.82, 2.24) is 0 Å². The van der Waals surface area contributed by atoms with Gasteiger partial charge in [0.2, 0.25) is 0 Å². The Morgan fingerprint density at radius 3 is 2.61 bits per heavy atom. The SMILES string of the molecule is Cc1cc(Cl)ccc1Oc1cc(Br)ccc1CN. The second-order valence-corrected chi connectivity index (χ2v) is 5.32. The van der Waals surface area contributed by atoms with E-state index in [9.17, 15) is 0 Å². The van der Waals surface area contributed by atoms with Crippen molar-refractivity contribution < 1.29 is 4.74 Å². The van der Waals surface area contributed by atoms with Crippen LogP contribution in [0.4, 0.5) is 0 Å². The number of rotatable bonds is 3. The molecule has 0 aromatic heterocycles. The maximum Gasteiger partial charge on any atom is 0.133 e. The highest BCUT2D eigenvalue weighted by atomic mass is 79.9. The Morgan fingerprint density at radius 1 is 1.17 bits per heavy atom. The lowest BCUT2D eigenvalue weighted by atomic mass is 10.2. The standard InChI is InChI=1S/C14H13BrClNO/c1-9-6-12(16)4-5-13(9)18-14-7-11(15)3-2-10(14)8-17/h2-7H,8,17H2,1H3. The normalized spacial score (nSPS) is 10.4. The van der Waals surface area contributed by atoms with Gasteiger partial charge in [0, 0.05) is 21.6 Å². The van der Waals surface area contributed by atoms with Gasteiger partial charge in [-0.3, -0.25) is 0 Å². The molecule has 0 radical (unpaired) electrons. The van der Waals surface area contributed by atoms with Crippen LogP contribution in [0.5, 0.6) is 11.5 Å². The van der Waals surface area contributed by atoms with E-state index < -0.39 is 0 Å². The summed E-state index contributed by atoms with van der Waals surface area (Å²) < 4.78 is 6.86. The van der Waals surface area contributed by atoms with Crippen LogP contribution in [-0.2, 0) is 6.54 Å². The molecule has 2 N–H and O–H groups in total. The van der Waals surface area contributed by atoms with E-state index in [1.54, 1.807) is 0 Å². The molecule has 4 heteroatoms. The van der Waals surface area contributed by atoms with Gasteiger partial charge in [0.15, 0.2) is 0 Å². The Kier molecular flexibility index (Phi) is 4.27. The Labute approximate surface area is 120 Å². The molecule has 0 spiro atoms. The predicted molar refractivity (Wildman–Crippen MR) is 78.3 cm³/mol. The summed E-state index contributed by atoms with van der Waals surface area (Å²) in [5.74, 6) is 1.55. The van der Waals surface area contributed by atoms with Crippen LogP contribution in [-0.4, -0.2) is 0 Å². The lowest BCUT2D eigenvalue weighted by molar-refractivity contribution is 0.472. The fourth-order valence-corrected chi connectivity index (χ4v) is 2.20. The van der Waals surface area contributed by atoms with Crippen LogP contribution in [0, 0.1) is 6.92 Å². The Balaban J connectivity index is 2.36. The highest BCUT2D eigenvalue weighted by Gasteiger charge is 2.07. The summed E-state index contributed by atoms with van der Waals surface area (Å²) in [7, 11) is 0. The number of halogens is 2. The molecule has 0 aliphatic heterocycles. The first kappa shape index (κ1) is 13.4. The number of hydrogen-bond acceptors (Lipinski definition) is 2. The molecule has 2 nitrogen and oxygen atoms in total. The first-order valence-corrected chi connectivity index (χ1v) is 6.70. The number of hydrogen-bond donors (Lipinski definition) is 1. The molecule has 2 rings (SSSR count). The Hall–Kier alpha value is -1.03. The molecule has 0 heterocycles. The molecular weight excluding hydrogens is 314 g/mol. The van der Waals surface area contributed by atoms with Crippen molar-refractivity contribution in [3.63, 3.8) is 0 Å². The minimum absolute atomic E-state index is 0.440. The van der Waals surface area contributed by atoms with E-state index >= 15 is 0 Å². The maximum atomic E-state index is 5.92. The first-order valence-electron chi connectivity index (χ1n) is 5.52. The molecule has 0 amide bonds. The maximum absolute atomic E-state index is 5.92. The molecule has 0 aliphatic rings. The molecule has 0 unspecified atom stereocenters. The number of benzene rings is 2. The van der Waals surface area contributed by atoms with Crippen LogP contribution in [0.1, 0.15) is 11.1 Å². The summed E-state index contributed by atoms with van der Waals surface area (Å²) in [5.41, 5.74) is 7.66. The molecule has 0 saturated carbocycles. The highest BCUT2D eigenvalue weighted by Crippen LogP contribution is 2.31. The summed E-state index contributed by atoms with van der Waals surface area (Å²) in [4.78, 5) is 0. The van der Waals surface area contributed by atoms with E-state index in [-0.39, 0.29) is 0 Å². The van der Waals surface area contributed by atoms with Gasteiger partial charge in [0.1, 0.15) is 11.5 Å². The molecule has 2 aromatic rings. The first-order chi connectivity index (χ1) is 8.60. The Bertz CT molecular complexity index is 572. The average Bonchev–Trinajstić information content (AvgIpc) is 2.33. The molecule has 0 fully saturated rings. The second kappa shape index (κ2) is 5.74. The van der Waals surface area contributed by atoms with Crippen molar-refractivity contribution in [1.29, 1.82) is 0 Å². The number of ether oxygens (including phenoxy) is 1. The largest absolute Gasteiger partial charge is 0.457 e.